The highest BCUT2D eigenvalue weighted by molar-refractivity contribution is 6.24. The first-order valence-corrected chi connectivity index (χ1v) is 6.72. The van der Waals surface area contributed by atoms with E-state index in [9.17, 15) is 24.0 Å². The van der Waals surface area contributed by atoms with Gasteiger partial charge >= 0.3 is 6.09 Å². The van der Waals surface area contributed by atoms with E-state index in [0.717, 1.165) is 4.90 Å². The van der Waals surface area contributed by atoms with E-state index >= 15 is 0 Å². The van der Waals surface area contributed by atoms with E-state index in [-0.39, 0.29) is 29.7 Å². The minimum absolute atomic E-state index is 0.0125. The average molecular weight is 317 g/mol. The van der Waals surface area contributed by atoms with Gasteiger partial charge in [-0.2, -0.15) is 0 Å². The summed E-state index contributed by atoms with van der Waals surface area (Å²) in [6.07, 6.45) is -1.06. The highest BCUT2D eigenvalue weighted by Crippen LogP contribution is 2.33. The van der Waals surface area contributed by atoms with Gasteiger partial charge in [0, 0.05) is 6.42 Å². The molecule has 1 unspecified atom stereocenters. The second-order valence-corrected chi connectivity index (χ2v) is 5.05. The van der Waals surface area contributed by atoms with Crippen molar-refractivity contribution in [3.05, 3.63) is 29.3 Å². The first kappa shape index (κ1) is 14.7. The first-order valence-electron chi connectivity index (χ1n) is 6.72. The molecule has 3 rings (SSSR count). The quantitative estimate of drug-likeness (QED) is 0.709. The Morgan fingerprint density at radius 3 is 2.61 bits per heavy atom. The van der Waals surface area contributed by atoms with E-state index in [0.29, 0.717) is 0 Å². The molecule has 0 spiro atoms. The van der Waals surface area contributed by atoms with Crippen molar-refractivity contribution in [1.82, 2.24) is 10.2 Å². The summed E-state index contributed by atoms with van der Waals surface area (Å²) in [5.74, 6) is -2.78. The third kappa shape index (κ3) is 2.31. The Labute approximate surface area is 129 Å². The van der Waals surface area contributed by atoms with Gasteiger partial charge in [0.05, 0.1) is 11.1 Å². The molecule has 9 nitrogen and oxygen atoms in total. The Kier molecular flexibility index (Phi) is 3.32. The third-order valence-electron chi connectivity index (χ3n) is 3.64. The highest BCUT2D eigenvalue weighted by atomic mass is 16.5. The number of imide groups is 2. The lowest BCUT2D eigenvalue weighted by molar-refractivity contribution is -0.136. The largest absolute Gasteiger partial charge is 0.410 e. The minimum Gasteiger partial charge on any atom is -0.410 e. The lowest BCUT2D eigenvalue weighted by Gasteiger charge is -2.27. The summed E-state index contributed by atoms with van der Waals surface area (Å²) in [5, 5.41) is 2.09. The van der Waals surface area contributed by atoms with Crippen molar-refractivity contribution in [2.45, 2.75) is 18.9 Å². The van der Waals surface area contributed by atoms with Gasteiger partial charge in [0.2, 0.25) is 11.8 Å². The summed E-state index contributed by atoms with van der Waals surface area (Å²) >= 11 is 0. The van der Waals surface area contributed by atoms with Gasteiger partial charge in [-0.3, -0.25) is 29.4 Å². The lowest BCUT2D eigenvalue weighted by Crippen LogP contribution is -2.54. The number of hydrogen-bond acceptors (Lipinski definition) is 6. The zero-order valence-electron chi connectivity index (χ0n) is 11.7. The number of nitrogens with one attached hydrogen (secondary N) is 1. The molecule has 0 radical (unpaired) electrons. The zero-order chi connectivity index (χ0) is 16.7. The fraction of sp³-hybridized carbons (Fsp3) is 0.214. The summed E-state index contributed by atoms with van der Waals surface area (Å²) in [5.41, 5.74) is 4.83. The van der Waals surface area contributed by atoms with Gasteiger partial charge in [-0.25, -0.2) is 4.79 Å². The van der Waals surface area contributed by atoms with Crippen LogP contribution in [-0.2, 0) is 9.59 Å². The van der Waals surface area contributed by atoms with Crippen molar-refractivity contribution >= 4 is 29.7 Å². The first-order chi connectivity index (χ1) is 10.9. The van der Waals surface area contributed by atoms with Gasteiger partial charge in [-0.1, -0.05) is 6.07 Å². The number of piperidine rings is 1. The maximum absolute atomic E-state index is 12.5. The molecule has 0 saturated carbocycles. The van der Waals surface area contributed by atoms with Crippen LogP contribution in [0, 0.1) is 0 Å². The molecule has 5 amide bonds. The monoisotopic (exact) mass is 317 g/mol. The Morgan fingerprint density at radius 2 is 1.96 bits per heavy atom. The number of amides is 5. The maximum Gasteiger partial charge on any atom is 0.409 e. The Hall–Kier alpha value is -3.23. The third-order valence-corrected chi connectivity index (χ3v) is 3.64. The molecule has 1 saturated heterocycles. The van der Waals surface area contributed by atoms with Crippen LogP contribution in [0.4, 0.5) is 4.79 Å². The predicted molar refractivity (Wildman–Crippen MR) is 73.3 cm³/mol. The summed E-state index contributed by atoms with van der Waals surface area (Å²) in [6, 6.07) is 3.05. The van der Waals surface area contributed by atoms with Crippen molar-refractivity contribution in [2.24, 2.45) is 5.73 Å². The molecule has 1 atom stereocenters. The summed E-state index contributed by atoms with van der Waals surface area (Å²) < 4.78 is 4.74. The fourth-order valence-corrected chi connectivity index (χ4v) is 2.68. The molecule has 2 aliphatic heterocycles. The molecule has 1 fully saturated rings. The van der Waals surface area contributed by atoms with Crippen LogP contribution in [0.3, 0.4) is 0 Å². The topological polar surface area (TPSA) is 136 Å². The van der Waals surface area contributed by atoms with Crippen molar-refractivity contribution in [1.29, 1.82) is 0 Å². The molecule has 1 aromatic carbocycles. The minimum atomic E-state index is -1.13. The van der Waals surface area contributed by atoms with Gasteiger partial charge < -0.3 is 10.5 Å². The van der Waals surface area contributed by atoms with Crippen molar-refractivity contribution in [3.63, 3.8) is 0 Å². The van der Waals surface area contributed by atoms with Crippen LogP contribution in [0.2, 0.25) is 0 Å². The van der Waals surface area contributed by atoms with E-state index in [2.05, 4.69) is 5.32 Å². The van der Waals surface area contributed by atoms with Crippen LogP contribution in [0.15, 0.2) is 18.2 Å². The van der Waals surface area contributed by atoms with E-state index < -0.39 is 35.8 Å². The Bertz CT molecular complexity index is 772. The van der Waals surface area contributed by atoms with Crippen LogP contribution in [0.25, 0.3) is 0 Å². The number of fused-ring (bicyclic) bond motifs is 1. The smallest absolute Gasteiger partial charge is 0.409 e. The summed E-state index contributed by atoms with van der Waals surface area (Å²) in [7, 11) is 0. The maximum atomic E-state index is 12.5. The lowest BCUT2D eigenvalue weighted by atomic mass is 10.0. The van der Waals surface area contributed by atoms with E-state index in [1.165, 1.54) is 18.2 Å². The number of nitrogens with two attached hydrogens (primary N) is 1. The molecule has 0 aromatic heterocycles. The van der Waals surface area contributed by atoms with E-state index in [1.807, 2.05) is 0 Å². The number of rotatable bonds is 2. The summed E-state index contributed by atoms with van der Waals surface area (Å²) in [4.78, 5) is 59.8. The molecule has 1 aromatic rings. The van der Waals surface area contributed by atoms with Crippen LogP contribution in [0.1, 0.15) is 33.6 Å². The molecule has 118 valence electrons. The molecule has 2 heterocycles. The number of benzene rings is 1. The number of carbonyl (C=O) groups excluding carboxylic acids is 5. The number of hydrogen-bond donors (Lipinski definition) is 2. The van der Waals surface area contributed by atoms with Crippen molar-refractivity contribution in [3.8, 4) is 5.75 Å². The van der Waals surface area contributed by atoms with Crippen LogP contribution in [-0.4, -0.2) is 40.7 Å². The van der Waals surface area contributed by atoms with Gasteiger partial charge in [-0.05, 0) is 18.6 Å². The normalized spacial score (nSPS) is 20.3. The Balaban J connectivity index is 1.99. The van der Waals surface area contributed by atoms with Crippen molar-refractivity contribution < 1.29 is 28.7 Å². The molecule has 23 heavy (non-hydrogen) atoms. The number of nitrogens with zero attached hydrogens (tertiary/aromatic N) is 1. The van der Waals surface area contributed by atoms with E-state index in [4.69, 9.17) is 10.5 Å². The average Bonchev–Trinajstić information content (AvgIpc) is 2.72. The second kappa shape index (κ2) is 5.20. The standard InChI is InChI=1S/C14H11N3O6/c15-14(22)23-8-3-1-2-6-10(8)13(21)17(12(6)20)7-4-5-9(18)16-11(7)19/h1-3,7H,4-5H2,(H2,15,22)(H,16,18,19). The molecular formula is C14H11N3O6. The predicted octanol–water partition coefficient (Wildman–Crippen LogP) is -0.455. The van der Waals surface area contributed by atoms with Gasteiger partial charge in [0.1, 0.15) is 11.8 Å². The SMILES string of the molecule is NC(=O)Oc1cccc2c1C(=O)N(C1CCC(=O)NC1=O)C2=O. The van der Waals surface area contributed by atoms with Gasteiger partial charge in [-0.15, -0.1) is 0 Å². The van der Waals surface area contributed by atoms with Gasteiger partial charge in [0.25, 0.3) is 11.8 Å². The number of primary amides is 1. The fourth-order valence-electron chi connectivity index (χ4n) is 2.68. The Morgan fingerprint density at radius 1 is 1.22 bits per heavy atom. The van der Waals surface area contributed by atoms with Gasteiger partial charge in [0.15, 0.2) is 0 Å². The second-order valence-electron chi connectivity index (χ2n) is 5.05. The molecule has 2 aliphatic rings. The van der Waals surface area contributed by atoms with E-state index in [1.54, 1.807) is 0 Å². The van der Waals surface area contributed by atoms with Crippen LogP contribution >= 0.6 is 0 Å². The van der Waals surface area contributed by atoms with Crippen LogP contribution < -0.4 is 15.8 Å². The summed E-state index contributed by atoms with van der Waals surface area (Å²) in [6.45, 7) is 0. The molecule has 9 heteroatoms. The molecule has 3 N–H and O–H groups in total. The number of ether oxygens (including phenoxy) is 1. The molecule has 0 aliphatic carbocycles. The van der Waals surface area contributed by atoms with Crippen molar-refractivity contribution in [2.75, 3.05) is 0 Å². The molecule has 0 bridgehead atoms. The van der Waals surface area contributed by atoms with Crippen LogP contribution in [0.5, 0.6) is 5.75 Å². The highest BCUT2D eigenvalue weighted by Gasteiger charge is 2.46. The number of carbonyl (C=O) groups is 5. The zero-order valence-corrected chi connectivity index (χ0v) is 11.7. The molecular weight excluding hydrogens is 306 g/mol.